The summed E-state index contributed by atoms with van der Waals surface area (Å²) in [5, 5.41) is 17.7. The van der Waals surface area contributed by atoms with Gasteiger partial charge in [0.2, 0.25) is 0 Å². The predicted octanol–water partition coefficient (Wildman–Crippen LogP) is 1.67. The first-order chi connectivity index (χ1) is 10.5. The third kappa shape index (κ3) is 2.46. The molecule has 10 heteroatoms. The van der Waals surface area contributed by atoms with Crippen LogP contribution in [0.15, 0.2) is 47.5 Å². The summed E-state index contributed by atoms with van der Waals surface area (Å²) in [6.45, 7) is 0. The Balaban J connectivity index is 2.00. The number of hydrogen-bond acceptors (Lipinski definition) is 6. The lowest BCUT2D eigenvalue weighted by Crippen LogP contribution is -2.13. The summed E-state index contributed by atoms with van der Waals surface area (Å²) >= 11 is 0. The molecular weight excluding hydrogens is 310 g/mol. The van der Waals surface area contributed by atoms with Gasteiger partial charge < -0.3 is 0 Å². The number of rotatable bonds is 4. The zero-order chi connectivity index (χ0) is 15.7. The smallest absolute Gasteiger partial charge is 0.261 e. The first kappa shape index (κ1) is 13.9. The number of non-ortho nitro benzene ring substituents is 1. The Morgan fingerprint density at radius 1 is 1.23 bits per heavy atom. The number of anilines is 1. The maximum Gasteiger partial charge on any atom is 0.270 e. The minimum atomic E-state index is -4.00. The minimum Gasteiger partial charge on any atom is -0.261 e. The zero-order valence-electron chi connectivity index (χ0n) is 10.9. The molecule has 0 bridgehead atoms. The van der Waals surface area contributed by atoms with E-state index in [0.29, 0.717) is 11.0 Å². The molecule has 0 aliphatic carbocycles. The average Bonchev–Trinajstić information content (AvgIpc) is 2.90. The van der Waals surface area contributed by atoms with Gasteiger partial charge in [0.15, 0.2) is 11.5 Å². The minimum absolute atomic E-state index is 0.0783. The SMILES string of the molecule is O=[N+]([O-])c1cccc(S(=O)(=O)Nc2n[nH]c3ncccc23)c1. The molecular formula is C12H9N5O4S. The van der Waals surface area contributed by atoms with Crippen molar-refractivity contribution in [2.45, 2.75) is 4.90 Å². The molecule has 3 rings (SSSR count). The number of aromatic nitrogens is 3. The van der Waals surface area contributed by atoms with Crippen LogP contribution in [0.1, 0.15) is 0 Å². The van der Waals surface area contributed by atoms with Crippen LogP contribution in [0.4, 0.5) is 11.5 Å². The van der Waals surface area contributed by atoms with Gasteiger partial charge >= 0.3 is 0 Å². The molecule has 0 saturated carbocycles. The quantitative estimate of drug-likeness (QED) is 0.555. The van der Waals surface area contributed by atoms with Crippen molar-refractivity contribution < 1.29 is 13.3 Å². The van der Waals surface area contributed by atoms with Crippen LogP contribution in [0, 0.1) is 10.1 Å². The highest BCUT2D eigenvalue weighted by atomic mass is 32.2. The fraction of sp³-hybridized carbons (Fsp3) is 0. The van der Waals surface area contributed by atoms with Crippen molar-refractivity contribution in [3.63, 3.8) is 0 Å². The van der Waals surface area contributed by atoms with Crippen molar-refractivity contribution in [1.29, 1.82) is 0 Å². The van der Waals surface area contributed by atoms with E-state index in [9.17, 15) is 18.5 Å². The second kappa shape index (κ2) is 5.07. The van der Waals surface area contributed by atoms with Gasteiger partial charge in [-0.25, -0.2) is 13.4 Å². The normalized spacial score (nSPS) is 11.5. The number of sulfonamides is 1. The van der Waals surface area contributed by atoms with E-state index in [0.717, 1.165) is 6.07 Å². The molecule has 0 unspecified atom stereocenters. The molecule has 0 aliphatic rings. The number of nitrogens with zero attached hydrogens (tertiary/aromatic N) is 3. The van der Waals surface area contributed by atoms with E-state index in [4.69, 9.17) is 0 Å². The number of hydrogen-bond donors (Lipinski definition) is 2. The van der Waals surface area contributed by atoms with Crippen LogP contribution in [0.2, 0.25) is 0 Å². The van der Waals surface area contributed by atoms with Gasteiger partial charge in [0.25, 0.3) is 15.7 Å². The molecule has 0 spiro atoms. The molecule has 112 valence electrons. The average molecular weight is 319 g/mol. The summed E-state index contributed by atoms with van der Waals surface area (Å²) in [5.41, 5.74) is 0.121. The Bertz CT molecular complexity index is 966. The topological polar surface area (TPSA) is 131 Å². The highest BCUT2D eigenvalue weighted by molar-refractivity contribution is 7.92. The Kier molecular flexibility index (Phi) is 3.22. The highest BCUT2D eigenvalue weighted by Gasteiger charge is 2.20. The van der Waals surface area contributed by atoms with Crippen molar-refractivity contribution in [1.82, 2.24) is 15.2 Å². The lowest BCUT2D eigenvalue weighted by molar-refractivity contribution is -0.385. The second-order valence-electron chi connectivity index (χ2n) is 4.33. The van der Waals surface area contributed by atoms with E-state index in [-0.39, 0.29) is 16.4 Å². The molecule has 2 N–H and O–H groups in total. The molecule has 3 aromatic rings. The molecule has 9 nitrogen and oxygen atoms in total. The number of fused-ring (bicyclic) bond motifs is 1. The van der Waals surface area contributed by atoms with Gasteiger partial charge in [-0.3, -0.25) is 19.9 Å². The maximum absolute atomic E-state index is 12.3. The summed E-state index contributed by atoms with van der Waals surface area (Å²) in [6, 6.07) is 8.06. The fourth-order valence-corrected chi connectivity index (χ4v) is 2.94. The van der Waals surface area contributed by atoms with E-state index in [2.05, 4.69) is 19.9 Å². The number of aromatic amines is 1. The van der Waals surface area contributed by atoms with E-state index >= 15 is 0 Å². The summed E-state index contributed by atoms with van der Waals surface area (Å²) < 4.78 is 26.9. The molecule has 0 atom stereocenters. The molecule has 1 aromatic carbocycles. The molecule has 0 radical (unpaired) electrons. The molecule has 2 aromatic heterocycles. The van der Waals surface area contributed by atoms with Gasteiger partial charge in [-0.2, -0.15) is 5.10 Å². The highest BCUT2D eigenvalue weighted by Crippen LogP contribution is 2.23. The van der Waals surface area contributed by atoms with Gasteiger partial charge in [-0.15, -0.1) is 0 Å². The lowest BCUT2D eigenvalue weighted by atomic mass is 10.3. The first-order valence-corrected chi connectivity index (χ1v) is 7.52. The number of pyridine rings is 1. The molecule has 0 aliphatic heterocycles. The Morgan fingerprint density at radius 2 is 2.05 bits per heavy atom. The molecule has 0 saturated heterocycles. The van der Waals surface area contributed by atoms with Gasteiger partial charge in [0.05, 0.1) is 15.2 Å². The van der Waals surface area contributed by atoms with Crippen molar-refractivity contribution in [2.75, 3.05) is 4.72 Å². The van der Waals surface area contributed by atoms with Crippen LogP contribution in [0.25, 0.3) is 11.0 Å². The van der Waals surface area contributed by atoms with Gasteiger partial charge in [0.1, 0.15) is 0 Å². The summed E-state index contributed by atoms with van der Waals surface area (Å²) in [4.78, 5) is 13.9. The van der Waals surface area contributed by atoms with E-state index in [1.54, 1.807) is 18.3 Å². The third-order valence-corrected chi connectivity index (χ3v) is 4.24. The van der Waals surface area contributed by atoms with Crippen molar-refractivity contribution in [2.24, 2.45) is 0 Å². The number of nitro groups is 1. The largest absolute Gasteiger partial charge is 0.270 e. The van der Waals surface area contributed by atoms with E-state index in [1.807, 2.05) is 0 Å². The Labute approximate surface area is 124 Å². The lowest BCUT2D eigenvalue weighted by Gasteiger charge is -2.05. The Hall–Kier alpha value is -3.01. The van der Waals surface area contributed by atoms with Crippen molar-refractivity contribution in [3.8, 4) is 0 Å². The van der Waals surface area contributed by atoms with Gasteiger partial charge in [-0.05, 0) is 18.2 Å². The Morgan fingerprint density at radius 3 is 2.82 bits per heavy atom. The molecule has 2 heterocycles. The van der Waals surface area contributed by atoms with E-state index < -0.39 is 14.9 Å². The van der Waals surface area contributed by atoms with Crippen molar-refractivity contribution in [3.05, 3.63) is 52.7 Å². The van der Waals surface area contributed by atoms with Crippen molar-refractivity contribution >= 4 is 32.6 Å². The molecule has 0 fully saturated rings. The van der Waals surface area contributed by atoms with Gasteiger partial charge in [0, 0.05) is 18.3 Å². The van der Waals surface area contributed by atoms with Gasteiger partial charge in [-0.1, -0.05) is 6.07 Å². The second-order valence-corrected chi connectivity index (χ2v) is 6.01. The standard InChI is InChI=1S/C12H9N5O4S/c18-17(19)8-3-1-4-9(7-8)22(20,21)16-12-10-5-2-6-13-11(10)14-15-12/h1-7H,(H2,13,14,15,16). The van der Waals surface area contributed by atoms with E-state index in [1.165, 1.54) is 18.2 Å². The van der Waals surface area contributed by atoms with Crippen LogP contribution in [0.3, 0.4) is 0 Å². The summed E-state index contributed by atoms with van der Waals surface area (Å²) in [5.74, 6) is 0.0783. The number of nitro benzene ring substituents is 1. The molecule has 0 amide bonds. The van der Waals surface area contributed by atoms with Crippen LogP contribution in [0.5, 0.6) is 0 Å². The predicted molar refractivity (Wildman–Crippen MR) is 77.8 cm³/mol. The number of nitrogens with one attached hydrogen (secondary N) is 2. The van der Waals surface area contributed by atoms with Crippen LogP contribution < -0.4 is 4.72 Å². The zero-order valence-corrected chi connectivity index (χ0v) is 11.7. The van der Waals surface area contributed by atoms with Crippen LogP contribution in [-0.4, -0.2) is 28.5 Å². The number of benzene rings is 1. The summed E-state index contributed by atoms with van der Waals surface area (Å²) in [7, 11) is -4.00. The first-order valence-electron chi connectivity index (χ1n) is 6.04. The number of H-pyrrole nitrogens is 1. The monoisotopic (exact) mass is 319 g/mol. The summed E-state index contributed by atoms with van der Waals surface area (Å²) in [6.07, 6.45) is 1.54. The third-order valence-electron chi connectivity index (χ3n) is 2.91. The maximum atomic E-state index is 12.3. The fourth-order valence-electron chi connectivity index (χ4n) is 1.88. The van der Waals surface area contributed by atoms with Crippen LogP contribution >= 0.6 is 0 Å². The van der Waals surface area contributed by atoms with Crippen LogP contribution in [-0.2, 0) is 10.0 Å². The molecule has 22 heavy (non-hydrogen) atoms.